The molecule has 1 saturated heterocycles. The summed E-state index contributed by atoms with van der Waals surface area (Å²) < 4.78 is 36.4. The van der Waals surface area contributed by atoms with E-state index in [-0.39, 0.29) is 24.4 Å². The topological polar surface area (TPSA) is 84.9 Å². The van der Waals surface area contributed by atoms with Gasteiger partial charge in [-0.25, -0.2) is 8.42 Å². The molecule has 23 heavy (non-hydrogen) atoms. The first-order valence-electron chi connectivity index (χ1n) is 7.41. The van der Waals surface area contributed by atoms with E-state index in [1.807, 2.05) is 6.92 Å². The van der Waals surface area contributed by atoms with Gasteiger partial charge in [-0.15, -0.1) is 0 Å². The number of morpholine rings is 1. The van der Waals surface area contributed by atoms with Crippen LogP contribution in [0.3, 0.4) is 0 Å². The molecule has 7 nitrogen and oxygen atoms in total. The molecule has 1 aliphatic heterocycles. The van der Waals surface area contributed by atoms with Crippen LogP contribution in [0.1, 0.15) is 17.3 Å². The van der Waals surface area contributed by atoms with Crippen LogP contribution in [0.15, 0.2) is 24.3 Å². The van der Waals surface area contributed by atoms with Crippen molar-refractivity contribution in [3.8, 4) is 0 Å². The van der Waals surface area contributed by atoms with E-state index < -0.39 is 10.0 Å². The number of benzene rings is 1. The molecule has 1 heterocycles. The molecule has 1 aliphatic rings. The predicted molar refractivity (Wildman–Crippen MR) is 87.0 cm³/mol. The van der Waals surface area contributed by atoms with E-state index in [2.05, 4.69) is 4.72 Å². The molecule has 0 aliphatic carbocycles. The second kappa shape index (κ2) is 7.76. The second-order valence-electron chi connectivity index (χ2n) is 5.43. The number of methoxy groups -OCH3 is 1. The van der Waals surface area contributed by atoms with Gasteiger partial charge in [-0.2, -0.15) is 0 Å². The quantitative estimate of drug-likeness (QED) is 0.831. The minimum atomic E-state index is -3.49. The minimum Gasteiger partial charge on any atom is -0.384 e. The molecular formula is C15H22N2O5S. The Kier molecular flexibility index (Phi) is 5.97. The molecule has 0 spiro atoms. The van der Waals surface area contributed by atoms with Gasteiger partial charge >= 0.3 is 0 Å². The number of anilines is 1. The molecule has 1 aromatic rings. The number of nitrogens with one attached hydrogen (secondary N) is 1. The van der Waals surface area contributed by atoms with Crippen LogP contribution in [0, 0.1) is 0 Å². The molecule has 1 aromatic carbocycles. The first-order valence-corrected chi connectivity index (χ1v) is 9.07. The van der Waals surface area contributed by atoms with Crippen LogP contribution in [0.4, 0.5) is 5.69 Å². The van der Waals surface area contributed by atoms with E-state index in [1.54, 1.807) is 29.2 Å². The molecule has 1 N–H and O–H groups in total. The number of sulfonamides is 1. The van der Waals surface area contributed by atoms with Crippen LogP contribution in [0.5, 0.6) is 0 Å². The molecule has 1 amide bonds. The van der Waals surface area contributed by atoms with Crippen molar-refractivity contribution in [1.82, 2.24) is 4.90 Å². The molecule has 0 aromatic heterocycles. The maximum atomic E-state index is 12.5. The van der Waals surface area contributed by atoms with Crippen molar-refractivity contribution in [3.05, 3.63) is 29.8 Å². The Hall–Kier alpha value is -1.64. The van der Waals surface area contributed by atoms with Gasteiger partial charge in [-0.3, -0.25) is 9.52 Å². The number of nitrogens with zero attached hydrogens (tertiary/aromatic N) is 1. The summed E-state index contributed by atoms with van der Waals surface area (Å²) in [6.07, 6.45) is 0.00318. The third kappa shape index (κ3) is 5.19. The summed E-state index contributed by atoms with van der Waals surface area (Å²) in [4.78, 5) is 14.2. The Morgan fingerprint density at radius 3 is 2.96 bits per heavy atom. The van der Waals surface area contributed by atoms with E-state index >= 15 is 0 Å². The summed E-state index contributed by atoms with van der Waals surface area (Å²) in [5.41, 5.74) is 0.819. The molecule has 0 saturated carbocycles. The maximum Gasteiger partial charge on any atom is 0.254 e. The molecule has 1 atom stereocenters. The normalized spacial score (nSPS) is 18.7. The number of ether oxygens (including phenoxy) is 2. The fourth-order valence-corrected chi connectivity index (χ4v) is 3.30. The van der Waals surface area contributed by atoms with E-state index in [9.17, 15) is 13.2 Å². The number of carbonyl (C=O) groups excluding carboxylic acids is 1. The highest BCUT2D eigenvalue weighted by atomic mass is 32.2. The van der Waals surface area contributed by atoms with Crippen LogP contribution < -0.4 is 4.72 Å². The number of amides is 1. The second-order valence-corrected chi connectivity index (χ2v) is 7.27. The lowest BCUT2D eigenvalue weighted by molar-refractivity contribution is -0.0124. The zero-order valence-corrected chi connectivity index (χ0v) is 14.1. The van der Waals surface area contributed by atoms with Gasteiger partial charge in [0.25, 0.3) is 5.91 Å². The smallest absolute Gasteiger partial charge is 0.254 e. The van der Waals surface area contributed by atoms with Gasteiger partial charge in [-0.05, 0) is 25.1 Å². The molecular weight excluding hydrogens is 320 g/mol. The zero-order valence-electron chi connectivity index (χ0n) is 13.3. The van der Waals surface area contributed by atoms with Crippen LogP contribution in [0.2, 0.25) is 0 Å². The van der Waals surface area contributed by atoms with Crippen LogP contribution in [-0.4, -0.2) is 64.5 Å². The lowest BCUT2D eigenvalue weighted by Crippen LogP contribution is -2.44. The van der Waals surface area contributed by atoms with E-state index in [0.717, 1.165) is 0 Å². The fraction of sp³-hybridized carbons (Fsp3) is 0.533. The van der Waals surface area contributed by atoms with Crippen molar-refractivity contribution in [3.63, 3.8) is 0 Å². The van der Waals surface area contributed by atoms with Crippen LogP contribution in [-0.2, 0) is 19.5 Å². The first kappa shape index (κ1) is 17.7. The summed E-state index contributed by atoms with van der Waals surface area (Å²) in [7, 11) is -2.05. The number of hydrogen-bond donors (Lipinski definition) is 1. The van der Waals surface area contributed by atoms with Gasteiger partial charge in [0.05, 0.1) is 25.1 Å². The number of hydrogen-bond acceptors (Lipinski definition) is 5. The van der Waals surface area contributed by atoms with Gasteiger partial charge in [0.2, 0.25) is 10.0 Å². The number of carbonyl (C=O) groups is 1. The van der Waals surface area contributed by atoms with Crippen molar-refractivity contribution in [2.24, 2.45) is 0 Å². The van der Waals surface area contributed by atoms with E-state index in [1.165, 1.54) is 7.11 Å². The highest BCUT2D eigenvalue weighted by Crippen LogP contribution is 2.16. The molecule has 2 rings (SSSR count). The Balaban J connectivity index is 2.08. The highest BCUT2D eigenvalue weighted by Gasteiger charge is 2.22. The van der Waals surface area contributed by atoms with Crippen molar-refractivity contribution in [2.75, 3.05) is 43.9 Å². The van der Waals surface area contributed by atoms with E-state index in [4.69, 9.17) is 9.47 Å². The minimum absolute atomic E-state index is 0.00318. The van der Waals surface area contributed by atoms with Crippen molar-refractivity contribution < 1.29 is 22.7 Å². The zero-order chi connectivity index (χ0) is 16.9. The Morgan fingerprint density at radius 2 is 2.26 bits per heavy atom. The van der Waals surface area contributed by atoms with Gasteiger partial charge in [-0.1, -0.05) is 6.07 Å². The average molecular weight is 342 g/mol. The molecule has 1 fully saturated rings. The van der Waals surface area contributed by atoms with Crippen LogP contribution >= 0.6 is 0 Å². The highest BCUT2D eigenvalue weighted by molar-refractivity contribution is 7.92. The molecule has 0 bridgehead atoms. The molecule has 8 heteroatoms. The third-order valence-corrected chi connectivity index (χ3v) is 4.72. The van der Waals surface area contributed by atoms with Gasteiger partial charge in [0, 0.05) is 31.5 Å². The Bertz CT molecular complexity index is 647. The Morgan fingerprint density at radius 1 is 1.48 bits per heavy atom. The average Bonchev–Trinajstić information content (AvgIpc) is 2.52. The van der Waals surface area contributed by atoms with Crippen LogP contribution in [0.25, 0.3) is 0 Å². The molecule has 128 valence electrons. The summed E-state index contributed by atoms with van der Waals surface area (Å²) in [6, 6.07) is 6.50. The van der Waals surface area contributed by atoms with E-state index in [0.29, 0.717) is 30.9 Å². The largest absolute Gasteiger partial charge is 0.384 e. The van der Waals surface area contributed by atoms with Gasteiger partial charge < -0.3 is 14.4 Å². The fourth-order valence-electron chi connectivity index (χ4n) is 2.32. The summed E-state index contributed by atoms with van der Waals surface area (Å²) in [5.74, 6) is -0.263. The lowest BCUT2D eigenvalue weighted by Gasteiger charge is -2.31. The number of rotatable bonds is 6. The maximum absolute atomic E-state index is 12.5. The Labute approximate surface area is 136 Å². The SMILES string of the molecule is COCCS(=O)(=O)Nc1cccc(C(=O)N2CCOC(C)C2)c1. The monoisotopic (exact) mass is 342 g/mol. The summed E-state index contributed by atoms with van der Waals surface area (Å²) in [6.45, 7) is 3.60. The van der Waals surface area contributed by atoms with Crippen molar-refractivity contribution >= 4 is 21.6 Å². The van der Waals surface area contributed by atoms with Gasteiger partial charge in [0.15, 0.2) is 0 Å². The van der Waals surface area contributed by atoms with Gasteiger partial charge in [0.1, 0.15) is 0 Å². The predicted octanol–water partition coefficient (Wildman–Crippen LogP) is 0.936. The molecule has 0 radical (unpaired) electrons. The standard InChI is InChI=1S/C15H22N2O5S/c1-12-11-17(6-7-22-12)15(18)13-4-3-5-14(10-13)16-23(19,20)9-8-21-2/h3-5,10,12,16H,6-9,11H2,1-2H3. The summed E-state index contributed by atoms with van der Waals surface area (Å²) >= 11 is 0. The van der Waals surface area contributed by atoms with Crippen molar-refractivity contribution in [1.29, 1.82) is 0 Å². The first-order chi connectivity index (χ1) is 10.9. The van der Waals surface area contributed by atoms with Crippen molar-refractivity contribution in [2.45, 2.75) is 13.0 Å². The summed E-state index contributed by atoms with van der Waals surface area (Å²) in [5, 5.41) is 0. The third-order valence-electron chi connectivity index (χ3n) is 3.47. The lowest BCUT2D eigenvalue weighted by atomic mass is 10.1. The molecule has 1 unspecified atom stereocenters.